The molecule has 4 heteroatoms. The van der Waals surface area contributed by atoms with Crippen molar-refractivity contribution in [2.45, 2.75) is 50.8 Å². The molecule has 1 aromatic rings. The zero-order valence-corrected chi connectivity index (χ0v) is 13.0. The standard InChI is InChI=1S/C17H26N2O2/c1-14(19(2)13-15-8-4-3-5-9-15)12-18-16(20)17(21)10-6-7-11-17/h3-5,8-9,14,21H,6-7,10-13H2,1-2H3,(H,18,20). The van der Waals surface area contributed by atoms with Gasteiger partial charge < -0.3 is 10.4 Å². The first kappa shape index (κ1) is 16.0. The van der Waals surface area contributed by atoms with Gasteiger partial charge in [-0.25, -0.2) is 0 Å². The number of carbonyl (C=O) groups is 1. The van der Waals surface area contributed by atoms with Gasteiger partial charge in [0.2, 0.25) is 0 Å². The second-order valence-corrected chi connectivity index (χ2v) is 6.20. The number of rotatable bonds is 6. The lowest BCUT2D eigenvalue weighted by atomic mass is 10.0. The van der Waals surface area contributed by atoms with Gasteiger partial charge in [-0.15, -0.1) is 0 Å². The fraction of sp³-hybridized carbons (Fsp3) is 0.588. The van der Waals surface area contributed by atoms with Crippen molar-refractivity contribution in [3.8, 4) is 0 Å². The first-order valence-corrected chi connectivity index (χ1v) is 7.76. The molecule has 0 spiro atoms. The number of carbonyl (C=O) groups excluding carboxylic acids is 1. The van der Waals surface area contributed by atoms with Crippen molar-refractivity contribution in [1.82, 2.24) is 10.2 Å². The van der Waals surface area contributed by atoms with E-state index in [1.54, 1.807) is 0 Å². The van der Waals surface area contributed by atoms with Crippen molar-refractivity contribution in [3.63, 3.8) is 0 Å². The van der Waals surface area contributed by atoms with E-state index in [-0.39, 0.29) is 11.9 Å². The highest BCUT2D eigenvalue weighted by Crippen LogP contribution is 2.29. The van der Waals surface area contributed by atoms with Crippen molar-refractivity contribution in [2.24, 2.45) is 0 Å². The number of benzene rings is 1. The number of hydrogen-bond donors (Lipinski definition) is 2. The molecule has 1 aliphatic rings. The summed E-state index contributed by atoms with van der Waals surface area (Å²) in [6.07, 6.45) is 3.06. The second-order valence-electron chi connectivity index (χ2n) is 6.20. The van der Waals surface area contributed by atoms with E-state index in [9.17, 15) is 9.90 Å². The van der Waals surface area contributed by atoms with Crippen LogP contribution in [0, 0.1) is 0 Å². The van der Waals surface area contributed by atoms with Gasteiger partial charge in [0.15, 0.2) is 0 Å². The van der Waals surface area contributed by atoms with Crippen LogP contribution in [-0.2, 0) is 11.3 Å². The van der Waals surface area contributed by atoms with Gasteiger partial charge in [-0.2, -0.15) is 0 Å². The third-order valence-electron chi connectivity index (χ3n) is 4.44. The minimum absolute atomic E-state index is 0.208. The van der Waals surface area contributed by atoms with Crippen molar-refractivity contribution in [2.75, 3.05) is 13.6 Å². The predicted octanol–water partition coefficient (Wildman–Crippen LogP) is 1.93. The Morgan fingerprint density at radius 1 is 1.33 bits per heavy atom. The van der Waals surface area contributed by atoms with Gasteiger partial charge >= 0.3 is 0 Å². The van der Waals surface area contributed by atoms with Crippen LogP contribution in [0.2, 0.25) is 0 Å². The van der Waals surface area contributed by atoms with E-state index in [0.717, 1.165) is 19.4 Å². The molecule has 116 valence electrons. The van der Waals surface area contributed by atoms with Crippen LogP contribution in [-0.4, -0.2) is 41.1 Å². The minimum atomic E-state index is -1.13. The average molecular weight is 290 g/mol. The summed E-state index contributed by atoms with van der Waals surface area (Å²) in [5, 5.41) is 13.1. The fourth-order valence-corrected chi connectivity index (χ4v) is 2.77. The maximum atomic E-state index is 12.1. The molecule has 1 fully saturated rings. The third-order valence-corrected chi connectivity index (χ3v) is 4.44. The van der Waals surface area contributed by atoms with E-state index in [2.05, 4.69) is 29.3 Å². The summed E-state index contributed by atoms with van der Waals surface area (Å²) in [6.45, 7) is 3.49. The molecular formula is C17H26N2O2. The van der Waals surface area contributed by atoms with E-state index in [1.807, 2.05) is 25.2 Å². The maximum absolute atomic E-state index is 12.1. The number of nitrogens with zero attached hydrogens (tertiary/aromatic N) is 1. The molecule has 21 heavy (non-hydrogen) atoms. The molecule has 1 aliphatic carbocycles. The molecule has 2 rings (SSSR count). The molecule has 1 aromatic carbocycles. The Bertz CT molecular complexity index is 455. The lowest BCUT2D eigenvalue weighted by Crippen LogP contribution is -2.48. The lowest BCUT2D eigenvalue weighted by Gasteiger charge is -2.27. The topological polar surface area (TPSA) is 52.6 Å². The summed E-state index contributed by atoms with van der Waals surface area (Å²) in [7, 11) is 2.05. The molecule has 0 heterocycles. The number of aliphatic hydroxyl groups is 1. The average Bonchev–Trinajstić information content (AvgIpc) is 2.93. The van der Waals surface area contributed by atoms with Crippen molar-refractivity contribution in [3.05, 3.63) is 35.9 Å². The van der Waals surface area contributed by atoms with Crippen LogP contribution in [0.5, 0.6) is 0 Å². The molecule has 0 saturated heterocycles. The Balaban J connectivity index is 1.78. The third kappa shape index (κ3) is 4.29. The van der Waals surface area contributed by atoms with Crippen LogP contribution >= 0.6 is 0 Å². The molecule has 1 unspecified atom stereocenters. The zero-order chi connectivity index (χ0) is 15.3. The lowest BCUT2D eigenvalue weighted by molar-refractivity contribution is -0.139. The zero-order valence-electron chi connectivity index (χ0n) is 13.0. The van der Waals surface area contributed by atoms with Gasteiger partial charge in [-0.05, 0) is 45.2 Å². The van der Waals surface area contributed by atoms with Crippen LogP contribution in [0.1, 0.15) is 38.2 Å². The van der Waals surface area contributed by atoms with E-state index >= 15 is 0 Å². The highest BCUT2D eigenvalue weighted by Gasteiger charge is 2.38. The molecule has 4 nitrogen and oxygen atoms in total. The van der Waals surface area contributed by atoms with Crippen molar-refractivity contribution >= 4 is 5.91 Å². The summed E-state index contributed by atoms with van der Waals surface area (Å²) in [6, 6.07) is 10.5. The van der Waals surface area contributed by atoms with Gasteiger partial charge in [0, 0.05) is 19.1 Å². The summed E-state index contributed by atoms with van der Waals surface area (Å²) in [5.41, 5.74) is 0.130. The Morgan fingerprint density at radius 3 is 2.57 bits per heavy atom. The van der Waals surface area contributed by atoms with E-state index < -0.39 is 5.60 Å². The first-order valence-electron chi connectivity index (χ1n) is 7.76. The fourth-order valence-electron chi connectivity index (χ4n) is 2.77. The van der Waals surface area contributed by atoms with Crippen LogP contribution in [0.4, 0.5) is 0 Å². The number of likely N-dealkylation sites (N-methyl/N-ethyl adjacent to an activating group) is 1. The number of hydrogen-bond acceptors (Lipinski definition) is 3. The molecule has 0 bridgehead atoms. The normalized spacial score (nSPS) is 18.7. The molecule has 1 saturated carbocycles. The van der Waals surface area contributed by atoms with Crippen molar-refractivity contribution < 1.29 is 9.90 Å². The van der Waals surface area contributed by atoms with Crippen LogP contribution in [0.3, 0.4) is 0 Å². The van der Waals surface area contributed by atoms with Gasteiger partial charge in [-0.1, -0.05) is 30.3 Å². The number of amides is 1. The summed E-state index contributed by atoms with van der Waals surface area (Å²) in [4.78, 5) is 14.3. The molecule has 0 aliphatic heterocycles. The Morgan fingerprint density at radius 2 is 1.95 bits per heavy atom. The Hall–Kier alpha value is -1.39. The van der Waals surface area contributed by atoms with Crippen LogP contribution in [0.25, 0.3) is 0 Å². The van der Waals surface area contributed by atoms with E-state index in [1.165, 1.54) is 5.56 Å². The summed E-state index contributed by atoms with van der Waals surface area (Å²) >= 11 is 0. The SMILES string of the molecule is CC(CNC(=O)C1(O)CCCC1)N(C)Cc1ccccc1. The highest BCUT2D eigenvalue weighted by molar-refractivity contribution is 5.85. The predicted molar refractivity (Wildman–Crippen MR) is 83.8 cm³/mol. The van der Waals surface area contributed by atoms with Gasteiger partial charge in [0.05, 0.1) is 0 Å². The molecule has 0 aromatic heterocycles. The molecule has 2 N–H and O–H groups in total. The van der Waals surface area contributed by atoms with Crippen LogP contribution < -0.4 is 5.32 Å². The van der Waals surface area contributed by atoms with Crippen molar-refractivity contribution in [1.29, 1.82) is 0 Å². The quantitative estimate of drug-likeness (QED) is 0.842. The van der Waals surface area contributed by atoms with Gasteiger partial charge in [0.25, 0.3) is 5.91 Å². The monoisotopic (exact) mass is 290 g/mol. The Labute approximate surface area is 127 Å². The first-order chi connectivity index (χ1) is 10.0. The molecule has 0 radical (unpaired) electrons. The largest absolute Gasteiger partial charge is 0.380 e. The summed E-state index contributed by atoms with van der Waals surface area (Å²) < 4.78 is 0. The minimum Gasteiger partial charge on any atom is -0.380 e. The Kier molecular flexibility index (Phi) is 5.37. The highest BCUT2D eigenvalue weighted by atomic mass is 16.3. The molecular weight excluding hydrogens is 264 g/mol. The molecule has 1 amide bonds. The molecule has 1 atom stereocenters. The van der Waals surface area contributed by atoms with Gasteiger partial charge in [-0.3, -0.25) is 9.69 Å². The smallest absolute Gasteiger partial charge is 0.252 e. The second kappa shape index (κ2) is 7.05. The summed E-state index contributed by atoms with van der Waals surface area (Å²) in [5.74, 6) is -0.208. The van der Waals surface area contributed by atoms with E-state index in [0.29, 0.717) is 19.4 Å². The maximum Gasteiger partial charge on any atom is 0.252 e. The van der Waals surface area contributed by atoms with Crippen LogP contribution in [0.15, 0.2) is 30.3 Å². The van der Waals surface area contributed by atoms with E-state index in [4.69, 9.17) is 0 Å². The van der Waals surface area contributed by atoms with Gasteiger partial charge in [0.1, 0.15) is 5.60 Å². The number of nitrogens with one attached hydrogen (secondary N) is 1.